The van der Waals surface area contributed by atoms with E-state index in [9.17, 15) is 0 Å². The Balaban J connectivity index is 1.78. The summed E-state index contributed by atoms with van der Waals surface area (Å²) in [6.45, 7) is 4.32. The molecule has 0 heterocycles. The molecule has 0 aromatic heterocycles. The summed E-state index contributed by atoms with van der Waals surface area (Å²) >= 11 is 0. The van der Waals surface area contributed by atoms with Gasteiger partial charge in [0.25, 0.3) is 0 Å². The first kappa shape index (κ1) is 10.0. The third-order valence-corrected chi connectivity index (χ3v) is 2.73. The predicted molar refractivity (Wildman–Crippen MR) is 53.1 cm³/mol. The fourth-order valence-corrected chi connectivity index (χ4v) is 1.68. The van der Waals surface area contributed by atoms with Crippen LogP contribution in [0.5, 0.6) is 0 Å². The zero-order valence-corrected chi connectivity index (χ0v) is 8.18. The van der Waals surface area contributed by atoms with E-state index in [1.807, 2.05) is 0 Å². The molecular weight excluding hydrogens is 148 g/mol. The molecule has 0 bridgehead atoms. The molecule has 0 radical (unpaired) electrons. The summed E-state index contributed by atoms with van der Waals surface area (Å²) in [5.74, 6) is 0.986. The van der Waals surface area contributed by atoms with Crippen molar-refractivity contribution in [1.82, 2.24) is 5.32 Å². The summed E-state index contributed by atoms with van der Waals surface area (Å²) < 4.78 is 0. The van der Waals surface area contributed by atoms with Crippen LogP contribution in [0.3, 0.4) is 0 Å². The number of rotatable bonds is 7. The highest BCUT2D eigenvalue weighted by Crippen LogP contribution is 2.32. The van der Waals surface area contributed by atoms with Gasteiger partial charge in [0.05, 0.1) is 0 Å². The summed E-state index contributed by atoms with van der Waals surface area (Å²) in [4.78, 5) is 0. The van der Waals surface area contributed by atoms with Crippen LogP contribution >= 0.6 is 0 Å². The Morgan fingerprint density at radius 3 is 2.75 bits per heavy atom. The Morgan fingerprint density at radius 2 is 2.17 bits per heavy atom. The van der Waals surface area contributed by atoms with E-state index in [0.29, 0.717) is 0 Å². The standard InChI is InChI=1S/C10H22N2/c1-2-9-8-10(9)12-7-5-3-4-6-11/h9-10,12H,2-8,11H2,1H3. The van der Waals surface area contributed by atoms with Gasteiger partial charge in [0.1, 0.15) is 0 Å². The van der Waals surface area contributed by atoms with E-state index < -0.39 is 0 Å². The monoisotopic (exact) mass is 170 g/mol. The maximum Gasteiger partial charge on any atom is 0.00990 e. The predicted octanol–water partition coefficient (Wildman–Crippen LogP) is 1.50. The fourth-order valence-electron chi connectivity index (χ4n) is 1.68. The largest absolute Gasteiger partial charge is 0.330 e. The van der Waals surface area contributed by atoms with Crippen molar-refractivity contribution in [2.45, 2.75) is 45.1 Å². The Morgan fingerprint density at radius 1 is 1.33 bits per heavy atom. The number of unbranched alkanes of at least 4 members (excludes halogenated alkanes) is 2. The zero-order valence-electron chi connectivity index (χ0n) is 8.18. The quantitative estimate of drug-likeness (QED) is 0.568. The number of hydrogen-bond donors (Lipinski definition) is 2. The van der Waals surface area contributed by atoms with E-state index in [-0.39, 0.29) is 0 Å². The lowest BCUT2D eigenvalue weighted by Crippen LogP contribution is -2.19. The van der Waals surface area contributed by atoms with Crippen molar-refractivity contribution >= 4 is 0 Å². The first-order valence-corrected chi connectivity index (χ1v) is 5.32. The Labute approximate surface area is 75.9 Å². The molecule has 12 heavy (non-hydrogen) atoms. The number of hydrogen-bond acceptors (Lipinski definition) is 2. The van der Waals surface area contributed by atoms with E-state index in [4.69, 9.17) is 5.73 Å². The van der Waals surface area contributed by atoms with E-state index >= 15 is 0 Å². The minimum atomic E-state index is 0.848. The van der Waals surface area contributed by atoms with Gasteiger partial charge in [-0.15, -0.1) is 0 Å². The molecule has 72 valence electrons. The van der Waals surface area contributed by atoms with Crippen LogP contribution in [0.1, 0.15) is 39.0 Å². The first-order chi connectivity index (χ1) is 5.88. The van der Waals surface area contributed by atoms with Gasteiger partial charge in [-0.3, -0.25) is 0 Å². The molecular formula is C10H22N2. The highest BCUT2D eigenvalue weighted by Gasteiger charge is 2.34. The molecule has 0 spiro atoms. The van der Waals surface area contributed by atoms with Crippen LogP contribution in [0.25, 0.3) is 0 Å². The van der Waals surface area contributed by atoms with Crippen LogP contribution in [0.2, 0.25) is 0 Å². The highest BCUT2D eigenvalue weighted by atomic mass is 15.0. The van der Waals surface area contributed by atoms with Gasteiger partial charge in [0.15, 0.2) is 0 Å². The topological polar surface area (TPSA) is 38.0 Å². The molecule has 1 rings (SSSR count). The maximum atomic E-state index is 5.41. The molecule has 3 N–H and O–H groups in total. The average molecular weight is 170 g/mol. The van der Waals surface area contributed by atoms with Crippen molar-refractivity contribution < 1.29 is 0 Å². The third-order valence-electron chi connectivity index (χ3n) is 2.73. The third kappa shape index (κ3) is 3.55. The van der Waals surface area contributed by atoms with Crippen LogP contribution in [0, 0.1) is 5.92 Å². The number of nitrogens with two attached hydrogens (primary N) is 1. The Hall–Kier alpha value is -0.0800. The van der Waals surface area contributed by atoms with Gasteiger partial charge in [-0.05, 0) is 38.3 Å². The minimum Gasteiger partial charge on any atom is -0.330 e. The molecule has 0 saturated heterocycles. The fraction of sp³-hybridized carbons (Fsp3) is 1.00. The lowest BCUT2D eigenvalue weighted by molar-refractivity contribution is 0.577. The summed E-state index contributed by atoms with van der Waals surface area (Å²) in [6, 6.07) is 0.855. The van der Waals surface area contributed by atoms with E-state index in [1.165, 1.54) is 38.6 Å². The molecule has 2 atom stereocenters. The van der Waals surface area contributed by atoms with Gasteiger partial charge < -0.3 is 11.1 Å². The summed E-state index contributed by atoms with van der Waals surface area (Å²) in [5.41, 5.74) is 5.41. The molecule has 1 aliphatic rings. The second kappa shape index (κ2) is 5.55. The maximum absolute atomic E-state index is 5.41. The molecule has 0 aromatic carbocycles. The van der Waals surface area contributed by atoms with Crippen molar-refractivity contribution in [2.24, 2.45) is 11.7 Å². The molecule has 1 aliphatic carbocycles. The molecule has 2 nitrogen and oxygen atoms in total. The smallest absolute Gasteiger partial charge is 0.00990 e. The minimum absolute atomic E-state index is 0.848. The molecule has 1 fully saturated rings. The summed E-state index contributed by atoms with van der Waals surface area (Å²) in [6.07, 6.45) is 6.52. The van der Waals surface area contributed by atoms with Gasteiger partial charge in [0.2, 0.25) is 0 Å². The normalized spacial score (nSPS) is 27.5. The van der Waals surface area contributed by atoms with Crippen LogP contribution < -0.4 is 11.1 Å². The van der Waals surface area contributed by atoms with Crippen molar-refractivity contribution in [2.75, 3.05) is 13.1 Å². The summed E-state index contributed by atoms with van der Waals surface area (Å²) in [5, 5.41) is 3.58. The molecule has 0 amide bonds. The molecule has 0 aliphatic heterocycles. The van der Waals surface area contributed by atoms with Crippen molar-refractivity contribution in [3.05, 3.63) is 0 Å². The highest BCUT2D eigenvalue weighted by molar-refractivity contribution is 4.91. The van der Waals surface area contributed by atoms with Crippen LogP contribution in [-0.4, -0.2) is 19.1 Å². The second-order valence-electron chi connectivity index (χ2n) is 3.81. The van der Waals surface area contributed by atoms with Crippen molar-refractivity contribution in [3.8, 4) is 0 Å². The SMILES string of the molecule is CCC1CC1NCCCCCN. The van der Waals surface area contributed by atoms with Crippen LogP contribution in [0.4, 0.5) is 0 Å². The van der Waals surface area contributed by atoms with Crippen molar-refractivity contribution in [3.63, 3.8) is 0 Å². The molecule has 2 heteroatoms. The van der Waals surface area contributed by atoms with E-state index in [1.54, 1.807) is 0 Å². The van der Waals surface area contributed by atoms with E-state index in [2.05, 4.69) is 12.2 Å². The van der Waals surface area contributed by atoms with Crippen LogP contribution in [-0.2, 0) is 0 Å². The van der Waals surface area contributed by atoms with Gasteiger partial charge in [-0.1, -0.05) is 19.8 Å². The van der Waals surface area contributed by atoms with Gasteiger partial charge >= 0.3 is 0 Å². The zero-order chi connectivity index (χ0) is 8.81. The van der Waals surface area contributed by atoms with Crippen molar-refractivity contribution in [1.29, 1.82) is 0 Å². The van der Waals surface area contributed by atoms with E-state index in [0.717, 1.165) is 18.5 Å². The average Bonchev–Trinajstić information content (AvgIpc) is 2.83. The molecule has 0 aromatic rings. The second-order valence-corrected chi connectivity index (χ2v) is 3.81. The van der Waals surface area contributed by atoms with Gasteiger partial charge in [-0.25, -0.2) is 0 Å². The van der Waals surface area contributed by atoms with Gasteiger partial charge in [0, 0.05) is 6.04 Å². The van der Waals surface area contributed by atoms with Gasteiger partial charge in [-0.2, -0.15) is 0 Å². The molecule has 2 unspecified atom stereocenters. The van der Waals surface area contributed by atoms with Crippen LogP contribution in [0.15, 0.2) is 0 Å². The lowest BCUT2D eigenvalue weighted by Gasteiger charge is -2.02. The summed E-state index contributed by atoms with van der Waals surface area (Å²) in [7, 11) is 0. The lowest BCUT2D eigenvalue weighted by atomic mass is 10.2. The number of nitrogens with one attached hydrogen (secondary N) is 1. The first-order valence-electron chi connectivity index (χ1n) is 5.32. The Bertz CT molecular complexity index is 114. The Kier molecular flexibility index (Phi) is 4.62. The molecule has 1 saturated carbocycles.